The molecule has 0 aromatic carbocycles. The zero-order valence-corrected chi connectivity index (χ0v) is 12.8. The van der Waals surface area contributed by atoms with Crippen molar-refractivity contribution in [2.45, 2.75) is 25.4 Å². The first-order valence-corrected chi connectivity index (χ1v) is 7.29. The first-order chi connectivity index (χ1) is 11.4. The maximum absolute atomic E-state index is 13.6. The highest BCUT2D eigenvalue weighted by molar-refractivity contribution is 5.92. The molecule has 2 heterocycles. The summed E-state index contributed by atoms with van der Waals surface area (Å²) in [6.07, 6.45) is 4.91. The van der Waals surface area contributed by atoms with Gasteiger partial charge >= 0.3 is 0 Å². The number of amides is 1. The number of pyridine rings is 1. The second-order valence-corrected chi connectivity index (χ2v) is 6.04. The number of hydrogen-bond donors (Lipinski definition) is 2. The molecule has 1 amide bonds. The average Bonchev–Trinajstić information content (AvgIpc) is 2.53. The molecular formula is C16H14FN5O2. The average molecular weight is 327 g/mol. The smallest absolute Gasteiger partial charge is 0.228 e. The molecule has 24 heavy (non-hydrogen) atoms. The third-order valence-electron chi connectivity index (χ3n) is 3.89. The molecule has 1 fully saturated rings. The van der Waals surface area contributed by atoms with Gasteiger partial charge in [0.15, 0.2) is 17.3 Å². The molecule has 0 spiro atoms. The molecule has 3 rings (SSSR count). The lowest BCUT2D eigenvalue weighted by Crippen LogP contribution is -2.46. The molecule has 1 aliphatic carbocycles. The van der Waals surface area contributed by atoms with Crippen LogP contribution in [0.4, 0.5) is 10.2 Å². The molecule has 2 aromatic heterocycles. The Balaban J connectivity index is 1.69. The number of halogens is 1. The predicted octanol–water partition coefficient (Wildman–Crippen LogP) is 1.65. The van der Waals surface area contributed by atoms with Gasteiger partial charge in [0.2, 0.25) is 5.91 Å². The van der Waals surface area contributed by atoms with Crippen LogP contribution in [0.1, 0.15) is 25.5 Å². The van der Waals surface area contributed by atoms with Crippen molar-refractivity contribution in [2.75, 3.05) is 5.32 Å². The number of carbonyl (C=O) groups excluding carboxylic acids is 1. The number of anilines is 1. The van der Waals surface area contributed by atoms with Crippen LogP contribution in [0.3, 0.4) is 0 Å². The number of carbonyl (C=O) groups is 1. The van der Waals surface area contributed by atoms with Crippen LogP contribution < -0.4 is 5.32 Å². The number of nitrogens with one attached hydrogen (secondary N) is 1. The van der Waals surface area contributed by atoms with Crippen molar-refractivity contribution in [1.29, 1.82) is 5.26 Å². The van der Waals surface area contributed by atoms with Crippen molar-refractivity contribution >= 4 is 11.7 Å². The quantitative estimate of drug-likeness (QED) is 0.886. The molecule has 0 atom stereocenters. The van der Waals surface area contributed by atoms with E-state index in [1.54, 1.807) is 13.0 Å². The molecule has 0 unspecified atom stereocenters. The van der Waals surface area contributed by atoms with Gasteiger partial charge in [-0.15, -0.1) is 0 Å². The van der Waals surface area contributed by atoms with E-state index < -0.39 is 11.4 Å². The van der Waals surface area contributed by atoms with Crippen molar-refractivity contribution in [1.82, 2.24) is 15.0 Å². The largest absolute Gasteiger partial charge is 0.390 e. The third-order valence-corrected chi connectivity index (χ3v) is 3.89. The van der Waals surface area contributed by atoms with Crippen molar-refractivity contribution in [3.05, 3.63) is 36.2 Å². The summed E-state index contributed by atoms with van der Waals surface area (Å²) in [7, 11) is 0. The Morgan fingerprint density at radius 3 is 2.67 bits per heavy atom. The zero-order valence-electron chi connectivity index (χ0n) is 12.8. The van der Waals surface area contributed by atoms with Gasteiger partial charge < -0.3 is 10.4 Å². The highest BCUT2D eigenvalue weighted by Gasteiger charge is 2.42. The fourth-order valence-electron chi connectivity index (χ4n) is 2.62. The molecule has 122 valence electrons. The van der Waals surface area contributed by atoms with Crippen molar-refractivity contribution < 1.29 is 14.3 Å². The van der Waals surface area contributed by atoms with Crippen LogP contribution in [0.5, 0.6) is 0 Å². The van der Waals surface area contributed by atoms with Crippen molar-refractivity contribution in [2.24, 2.45) is 5.92 Å². The molecule has 0 saturated heterocycles. The Bertz CT molecular complexity index is 821. The number of hydrogen-bond acceptors (Lipinski definition) is 6. The Labute approximate surface area is 137 Å². The molecule has 2 N–H and O–H groups in total. The van der Waals surface area contributed by atoms with E-state index in [-0.39, 0.29) is 23.3 Å². The molecule has 8 heteroatoms. The molecule has 0 radical (unpaired) electrons. The molecule has 1 saturated carbocycles. The van der Waals surface area contributed by atoms with Crippen LogP contribution >= 0.6 is 0 Å². The van der Waals surface area contributed by atoms with Gasteiger partial charge in [0.05, 0.1) is 23.7 Å². The minimum absolute atomic E-state index is 0.213. The molecule has 1 aliphatic rings. The second-order valence-electron chi connectivity index (χ2n) is 6.04. The SMILES string of the molecule is CC1(O)CC(C(=O)Nc2cnc(-c3cnc(C#N)c(F)c3)cn2)C1. The van der Waals surface area contributed by atoms with E-state index in [0.717, 1.165) is 6.07 Å². The van der Waals surface area contributed by atoms with Crippen molar-refractivity contribution in [3.8, 4) is 17.3 Å². The first kappa shape index (κ1) is 16.0. The van der Waals surface area contributed by atoms with E-state index in [9.17, 15) is 14.3 Å². The van der Waals surface area contributed by atoms with Gasteiger partial charge in [-0.2, -0.15) is 5.26 Å². The maximum Gasteiger partial charge on any atom is 0.228 e. The van der Waals surface area contributed by atoms with Gasteiger partial charge in [0.25, 0.3) is 0 Å². The summed E-state index contributed by atoms with van der Waals surface area (Å²) >= 11 is 0. The fourth-order valence-corrected chi connectivity index (χ4v) is 2.62. The second kappa shape index (κ2) is 5.94. The standard InChI is InChI=1S/C16H14FN5O2/c1-16(24)3-10(4-16)15(23)22-14-8-20-13(7-21-14)9-2-11(17)12(5-18)19-6-9/h2,6-8,10,24H,3-4H2,1H3,(H,21,22,23). The Morgan fingerprint density at radius 2 is 2.12 bits per heavy atom. The molecule has 7 nitrogen and oxygen atoms in total. The lowest BCUT2D eigenvalue weighted by atomic mass is 9.72. The van der Waals surface area contributed by atoms with E-state index in [1.165, 1.54) is 18.6 Å². The first-order valence-electron chi connectivity index (χ1n) is 7.29. The minimum Gasteiger partial charge on any atom is -0.390 e. The van der Waals surface area contributed by atoms with Gasteiger partial charge in [-0.05, 0) is 25.8 Å². The lowest BCUT2D eigenvalue weighted by molar-refractivity contribution is -0.133. The lowest BCUT2D eigenvalue weighted by Gasteiger charge is -2.39. The normalized spacial score (nSPS) is 22.3. The number of nitrogens with zero attached hydrogens (tertiary/aromatic N) is 4. The van der Waals surface area contributed by atoms with E-state index in [0.29, 0.717) is 24.1 Å². The maximum atomic E-state index is 13.6. The molecule has 2 aromatic rings. The van der Waals surface area contributed by atoms with Crippen LogP contribution in [0.2, 0.25) is 0 Å². The summed E-state index contributed by atoms with van der Waals surface area (Å²) in [6.45, 7) is 1.69. The summed E-state index contributed by atoms with van der Waals surface area (Å²) in [5.41, 5.74) is -0.307. The summed E-state index contributed by atoms with van der Waals surface area (Å²) in [5, 5.41) is 21.0. The van der Waals surface area contributed by atoms with E-state index in [1.807, 2.05) is 0 Å². The number of aliphatic hydroxyl groups is 1. The van der Waals surface area contributed by atoms with E-state index >= 15 is 0 Å². The van der Waals surface area contributed by atoms with Crippen molar-refractivity contribution in [3.63, 3.8) is 0 Å². The number of rotatable bonds is 3. The summed E-state index contributed by atoms with van der Waals surface area (Å²) in [6, 6.07) is 2.80. The molecule has 0 aliphatic heterocycles. The molecule has 0 bridgehead atoms. The molecular weight excluding hydrogens is 313 g/mol. The highest BCUT2D eigenvalue weighted by Crippen LogP contribution is 2.37. The minimum atomic E-state index is -0.774. The zero-order chi connectivity index (χ0) is 17.3. The summed E-state index contributed by atoms with van der Waals surface area (Å²) in [5.74, 6) is -0.906. The van der Waals surface area contributed by atoms with Crippen LogP contribution in [0, 0.1) is 23.1 Å². The van der Waals surface area contributed by atoms with Crippen LogP contribution in [0.25, 0.3) is 11.3 Å². The number of nitriles is 1. The Hall–Kier alpha value is -2.92. The fraction of sp³-hybridized carbons (Fsp3) is 0.312. The van der Waals surface area contributed by atoms with Gasteiger partial charge in [-0.25, -0.2) is 14.4 Å². The monoisotopic (exact) mass is 327 g/mol. The predicted molar refractivity (Wildman–Crippen MR) is 81.9 cm³/mol. The van der Waals surface area contributed by atoms with Crippen LogP contribution in [-0.2, 0) is 4.79 Å². The van der Waals surface area contributed by atoms with Gasteiger partial charge in [0.1, 0.15) is 6.07 Å². The van der Waals surface area contributed by atoms with Gasteiger partial charge in [-0.1, -0.05) is 0 Å². The summed E-state index contributed by atoms with van der Waals surface area (Å²) in [4.78, 5) is 23.9. The third kappa shape index (κ3) is 3.21. The van der Waals surface area contributed by atoms with Gasteiger partial charge in [0, 0.05) is 17.7 Å². The number of aromatic nitrogens is 3. The van der Waals surface area contributed by atoms with Crippen LogP contribution in [0.15, 0.2) is 24.7 Å². The van der Waals surface area contributed by atoms with E-state index in [2.05, 4.69) is 20.3 Å². The topological polar surface area (TPSA) is 112 Å². The highest BCUT2D eigenvalue weighted by atomic mass is 19.1. The van der Waals surface area contributed by atoms with Gasteiger partial charge in [-0.3, -0.25) is 9.78 Å². The summed E-state index contributed by atoms with van der Waals surface area (Å²) < 4.78 is 13.6. The Morgan fingerprint density at radius 1 is 1.38 bits per heavy atom. The van der Waals surface area contributed by atoms with E-state index in [4.69, 9.17) is 5.26 Å². The Kier molecular flexibility index (Phi) is 3.95. The van der Waals surface area contributed by atoms with Crippen LogP contribution in [-0.4, -0.2) is 31.6 Å².